The molecule has 0 bridgehead atoms. The fourth-order valence-corrected chi connectivity index (χ4v) is 2.67. The number of benzene rings is 2. The summed E-state index contributed by atoms with van der Waals surface area (Å²) in [6.07, 6.45) is 0.165. The van der Waals surface area contributed by atoms with Crippen LogP contribution in [0.25, 0.3) is 11.4 Å². The predicted octanol–water partition coefficient (Wildman–Crippen LogP) is 4.74. The fourth-order valence-electron chi connectivity index (χ4n) is 2.67. The van der Waals surface area contributed by atoms with E-state index < -0.39 is 51.8 Å². The molecule has 0 fully saturated rings. The lowest BCUT2D eigenvalue weighted by Crippen LogP contribution is -2.15. The van der Waals surface area contributed by atoms with Gasteiger partial charge in [0.1, 0.15) is 5.83 Å². The van der Waals surface area contributed by atoms with Crippen LogP contribution in [0.5, 0.6) is 0 Å². The van der Waals surface area contributed by atoms with Gasteiger partial charge >= 0.3 is 0 Å². The highest BCUT2D eigenvalue weighted by Gasteiger charge is 2.33. The quantitative estimate of drug-likeness (QED) is 0.317. The number of rotatable bonds is 1. The number of ketones is 1. The highest BCUT2D eigenvalue weighted by atomic mass is 19.2. The summed E-state index contributed by atoms with van der Waals surface area (Å²) in [4.78, 5) is 12.0. The first-order valence-electron chi connectivity index (χ1n) is 6.87. The summed E-state index contributed by atoms with van der Waals surface area (Å²) in [6, 6.07) is 6.05. The van der Waals surface area contributed by atoms with Crippen molar-refractivity contribution in [3.8, 4) is 0 Å². The normalized spacial score (nSPS) is 16.2. The molecule has 0 atom stereocenters. The number of aryl methyl sites for hydroxylation is 1. The smallest absolute Gasteiger partial charge is 0.200 e. The molecule has 124 valence electrons. The number of Topliss-reactive ketones (excluding diaryl/α,β-unsaturated/α-hetero) is 1. The van der Waals surface area contributed by atoms with Gasteiger partial charge < -0.3 is 0 Å². The highest BCUT2D eigenvalue weighted by molar-refractivity contribution is 6.28. The lowest BCUT2D eigenvalue weighted by molar-refractivity contribution is -0.113. The maximum atomic E-state index is 14.7. The molecule has 0 unspecified atom stereocenters. The number of allylic oxidation sites excluding steroid dienone is 1. The van der Waals surface area contributed by atoms with Gasteiger partial charge in [-0.05, 0) is 17.5 Å². The van der Waals surface area contributed by atoms with E-state index in [1.54, 1.807) is 12.1 Å². The molecule has 1 aliphatic carbocycles. The van der Waals surface area contributed by atoms with E-state index in [-0.39, 0.29) is 12.0 Å². The van der Waals surface area contributed by atoms with Crippen molar-refractivity contribution in [3.05, 3.63) is 70.0 Å². The van der Waals surface area contributed by atoms with Crippen molar-refractivity contribution in [1.82, 2.24) is 0 Å². The van der Waals surface area contributed by atoms with Crippen LogP contribution in [0.3, 0.4) is 0 Å². The summed E-state index contributed by atoms with van der Waals surface area (Å²) < 4.78 is 82.0. The zero-order valence-electron chi connectivity index (χ0n) is 11.9. The van der Waals surface area contributed by atoms with Gasteiger partial charge in [0, 0.05) is 6.42 Å². The molecule has 0 amide bonds. The van der Waals surface area contributed by atoms with E-state index in [0.29, 0.717) is 12.0 Å². The van der Waals surface area contributed by atoms with E-state index >= 15 is 0 Å². The molecule has 0 saturated carbocycles. The summed E-state index contributed by atoms with van der Waals surface area (Å²) >= 11 is 0. The summed E-state index contributed by atoms with van der Waals surface area (Å²) in [6.45, 7) is 0. The Morgan fingerprint density at radius 2 is 1.33 bits per heavy atom. The molecule has 3 rings (SSSR count). The van der Waals surface area contributed by atoms with Crippen molar-refractivity contribution in [2.75, 3.05) is 0 Å². The molecule has 0 radical (unpaired) electrons. The third kappa shape index (κ3) is 2.31. The third-order valence-corrected chi connectivity index (χ3v) is 3.84. The molecule has 0 heterocycles. The largest absolute Gasteiger partial charge is 0.294 e. The fraction of sp³-hybridized carbons (Fsp3) is 0.118. The lowest BCUT2D eigenvalue weighted by atomic mass is 9.85. The first kappa shape index (κ1) is 16.3. The van der Waals surface area contributed by atoms with Gasteiger partial charge in [0.15, 0.2) is 29.1 Å². The standard InChI is InChI=1S/C17H8F6O/c18-12(11-13(19)15(21)17(23)16(22)14(11)20)10-8-4-2-1-3-7(8)5-6-9(10)24/h1-4H,5-6H2. The Morgan fingerprint density at radius 1 is 0.792 bits per heavy atom. The van der Waals surface area contributed by atoms with Crippen molar-refractivity contribution >= 4 is 17.2 Å². The Kier molecular flexibility index (Phi) is 3.95. The monoisotopic (exact) mass is 342 g/mol. The SMILES string of the molecule is O=C1CCc2ccccc2C1=C(F)c1c(F)c(F)c(F)c(F)c1F. The third-order valence-electron chi connectivity index (χ3n) is 3.84. The van der Waals surface area contributed by atoms with Crippen LogP contribution in [0.2, 0.25) is 0 Å². The van der Waals surface area contributed by atoms with Gasteiger partial charge in [-0.1, -0.05) is 24.3 Å². The van der Waals surface area contributed by atoms with E-state index in [2.05, 4.69) is 0 Å². The van der Waals surface area contributed by atoms with Crippen molar-refractivity contribution in [3.63, 3.8) is 0 Å². The van der Waals surface area contributed by atoms with Crippen molar-refractivity contribution in [1.29, 1.82) is 0 Å². The minimum atomic E-state index is -2.39. The van der Waals surface area contributed by atoms with Crippen LogP contribution < -0.4 is 0 Å². The Morgan fingerprint density at radius 3 is 1.96 bits per heavy atom. The molecule has 24 heavy (non-hydrogen) atoms. The predicted molar refractivity (Wildman–Crippen MR) is 73.9 cm³/mol. The van der Waals surface area contributed by atoms with E-state index in [9.17, 15) is 31.1 Å². The molecule has 0 N–H and O–H groups in total. The second-order valence-electron chi connectivity index (χ2n) is 5.21. The van der Waals surface area contributed by atoms with Gasteiger partial charge in [0.2, 0.25) is 5.82 Å². The van der Waals surface area contributed by atoms with Crippen molar-refractivity contribution in [2.24, 2.45) is 0 Å². The molecular formula is C17H8F6O. The van der Waals surface area contributed by atoms with E-state index in [0.717, 1.165) is 0 Å². The number of hydrogen-bond donors (Lipinski definition) is 0. The lowest BCUT2D eigenvalue weighted by Gasteiger charge is -2.19. The van der Waals surface area contributed by atoms with Crippen LogP contribution in [-0.4, -0.2) is 5.78 Å². The number of hydrogen-bond acceptors (Lipinski definition) is 1. The van der Waals surface area contributed by atoms with Crippen molar-refractivity contribution in [2.45, 2.75) is 12.8 Å². The molecule has 7 heteroatoms. The van der Waals surface area contributed by atoms with Crippen LogP contribution in [-0.2, 0) is 11.2 Å². The number of halogens is 6. The van der Waals surface area contributed by atoms with Gasteiger partial charge in [-0.15, -0.1) is 0 Å². The second kappa shape index (κ2) is 5.81. The highest BCUT2D eigenvalue weighted by Crippen LogP contribution is 2.38. The summed E-state index contributed by atoms with van der Waals surface area (Å²) in [5, 5.41) is 0. The Labute approximate surface area is 132 Å². The average Bonchev–Trinajstić information content (AvgIpc) is 2.58. The maximum Gasteiger partial charge on any atom is 0.200 e. The van der Waals surface area contributed by atoms with Crippen LogP contribution in [0.4, 0.5) is 26.3 Å². The molecule has 0 saturated heterocycles. The number of carbonyl (C=O) groups is 1. The number of carbonyl (C=O) groups excluding carboxylic acids is 1. The maximum absolute atomic E-state index is 14.7. The number of fused-ring (bicyclic) bond motifs is 1. The zero-order chi connectivity index (χ0) is 17.6. The minimum Gasteiger partial charge on any atom is -0.294 e. The average molecular weight is 342 g/mol. The van der Waals surface area contributed by atoms with E-state index in [4.69, 9.17) is 0 Å². The first-order valence-corrected chi connectivity index (χ1v) is 6.87. The molecule has 2 aromatic rings. The molecular weight excluding hydrogens is 334 g/mol. The minimum absolute atomic E-state index is 0.0789. The van der Waals surface area contributed by atoms with Crippen LogP contribution >= 0.6 is 0 Å². The van der Waals surface area contributed by atoms with E-state index in [1.807, 2.05) is 0 Å². The summed E-state index contributed by atoms with van der Waals surface area (Å²) in [7, 11) is 0. The Hall–Kier alpha value is -2.57. The second-order valence-corrected chi connectivity index (χ2v) is 5.21. The van der Waals surface area contributed by atoms with Crippen LogP contribution in [0.1, 0.15) is 23.1 Å². The van der Waals surface area contributed by atoms with Crippen molar-refractivity contribution < 1.29 is 31.1 Å². The summed E-state index contributed by atoms with van der Waals surface area (Å²) in [5.74, 6) is -14.1. The van der Waals surface area contributed by atoms with Crippen LogP contribution in [0.15, 0.2) is 24.3 Å². The van der Waals surface area contributed by atoms with E-state index in [1.165, 1.54) is 12.1 Å². The first-order chi connectivity index (χ1) is 11.3. The van der Waals surface area contributed by atoms with Gasteiger partial charge in [0.25, 0.3) is 0 Å². The van der Waals surface area contributed by atoms with Gasteiger partial charge in [-0.2, -0.15) is 0 Å². The molecule has 2 aromatic carbocycles. The van der Waals surface area contributed by atoms with Gasteiger partial charge in [-0.25, -0.2) is 26.3 Å². The van der Waals surface area contributed by atoms with Gasteiger partial charge in [0.05, 0.1) is 11.1 Å². The molecule has 0 aliphatic heterocycles. The summed E-state index contributed by atoms with van der Waals surface area (Å²) in [5.41, 5.74) is -1.78. The molecule has 0 aromatic heterocycles. The topological polar surface area (TPSA) is 17.1 Å². The van der Waals surface area contributed by atoms with Crippen LogP contribution in [0, 0.1) is 29.1 Å². The van der Waals surface area contributed by atoms with Gasteiger partial charge in [-0.3, -0.25) is 4.79 Å². The molecule has 1 nitrogen and oxygen atoms in total. The Balaban J connectivity index is 2.36. The Bertz CT molecular complexity index is 871. The molecule has 0 spiro atoms. The zero-order valence-corrected chi connectivity index (χ0v) is 11.9. The molecule has 1 aliphatic rings.